The summed E-state index contributed by atoms with van der Waals surface area (Å²) in [5.41, 5.74) is 5.13. The van der Waals surface area contributed by atoms with Crippen LogP contribution in [0.4, 0.5) is 0 Å². The first-order valence-electron chi connectivity index (χ1n) is 4.09. The van der Waals surface area contributed by atoms with Gasteiger partial charge in [-0.25, -0.2) is 0 Å². The number of hydrogen-bond donors (Lipinski definition) is 1. The molecule has 0 aromatic heterocycles. The molecule has 0 saturated heterocycles. The molecule has 1 atom stereocenters. The minimum absolute atomic E-state index is 0.137. The van der Waals surface area contributed by atoms with Gasteiger partial charge >= 0.3 is 0 Å². The molecule has 11 heavy (non-hydrogen) atoms. The maximum absolute atomic E-state index is 10.7. The Morgan fingerprint density at radius 3 is 2.55 bits per heavy atom. The average Bonchev–Trinajstić information content (AvgIpc) is 1.98. The zero-order valence-corrected chi connectivity index (χ0v) is 7.63. The zero-order chi connectivity index (χ0) is 8.85. The molecule has 1 amide bonds. The maximum atomic E-state index is 10.7. The smallest absolute Gasteiger partial charge is 0.234 e. The van der Waals surface area contributed by atoms with Crippen molar-refractivity contribution in [3.63, 3.8) is 0 Å². The molecule has 2 N–H and O–H groups in total. The van der Waals surface area contributed by atoms with Crippen molar-refractivity contribution in [2.75, 3.05) is 13.6 Å². The molecule has 66 valence electrons. The van der Waals surface area contributed by atoms with Gasteiger partial charge in [0.25, 0.3) is 0 Å². The summed E-state index contributed by atoms with van der Waals surface area (Å²) >= 11 is 0. The third-order valence-electron chi connectivity index (χ3n) is 1.94. The molecule has 0 fully saturated rings. The first-order chi connectivity index (χ1) is 5.09. The van der Waals surface area contributed by atoms with Crippen LogP contribution in [0.1, 0.15) is 26.7 Å². The van der Waals surface area contributed by atoms with Crippen LogP contribution >= 0.6 is 0 Å². The Labute approximate surface area is 68.6 Å². The zero-order valence-electron chi connectivity index (χ0n) is 7.63. The van der Waals surface area contributed by atoms with E-state index in [1.54, 1.807) is 0 Å². The molecule has 3 heteroatoms. The van der Waals surface area contributed by atoms with Gasteiger partial charge in [0, 0.05) is 0 Å². The maximum Gasteiger partial charge on any atom is 0.234 e. The first kappa shape index (κ1) is 10.4. The lowest BCUT2D eigenvalue weighted by Gasteiger charge is -2.21. The van der Waals surface area contributed by atoms with Crippen molar-refractivity contribution in [1.29, 1.82) is 0 Å². The molecule has 1 unspecified atom stereocenters. The molecule has 0 aliphatic rings. The highest BCUT2D eigenvalue weighted by Gasteiger charge is 2.12. The molecule has 0 aliphatic heterocycles. The second-order valence-electron chi connectivity index (χ2n) is 2.91. The lowest BCUT2D eigenvalue weighted by molar-refractivity contribution is -0.122. The van der Waals surface area contributed by atoms with E-state index in [-0.39, 0.29) is 11.9 Å². The number of nitrogens with zero attached hydrogens (tertiary/aromatic N) is 1. The lowest BCUT2D eigenvalue weighted by Crippen LogP contribution is -2.40. The Balaban J connectivity index is 3.63. The number of primary amides is 1. The Kier molecular flexibility index (Phi) is 4.86. The summed E-state index contributed by atoms with van der Waals surface area (Å²) in [6.45, 7) is 4.90. The van der Waals surface area contributed by atoms with Crippen LogP contribution in [0.3, 0.4) is 0 Å². The number of unbranched alkanes of at least 4 members (excludes halogenated alkanes) is 1. The Hall–Kier alpha value is -0.570. The molecule has 0 bridgehead atoms. The van der Waals surface area contributed by atoms with Crippen molar-refractivity contribution in [1.82, 2.24) is 4.90 Å². The Morgan fingerprint density at radius 1 is 1.64 bits per heavy atom. The number of carbonyl (C=O) groups excluding carboxylic acids is 1. The molecule has 0 spiro atoms. The van der Waals surface area contributed by atoms with E-state index in [2.05, 4.69) is 6.92 Å². The largest absolute Gasteiger partial charge is 0.368 e. The van der Waals surface area contributed by atoms with Crippen LogP contribution in [0.15, 0.2) is 0 Å². The van der Waals surface area contributed by atoms with Crippen molar-refractivity contribution >= 4 is 5.91 Å². The second kappa shape index (κ2) is 5.13. The molecular weight excluding hydrogens is 140 g/mol. The minimum atomic E-state index is -0.247. The summed E-state index contributed by atoms with van der Waals surface area (Å²) in [7, 11) is 1.92. The Bertz CT molecular complexity index is 125. The van der Waals surface area contributed by atoms with Gasteiger partial charge in [-0.1, -0.05) is 13.3 Å². The SMILES string of the molecule is CCCCN(C)C(C)C(N)=O. The van der Waals surface area contributed by atoms with E-state index in [1.165, 1.54) is 0 Å². The number of carbonyl (C=O) groups is 1. The number of rotatable bonds is 5. The fourth-order valence-corrected chi connectivity index (χ4v) is 0.818. The third kappa shape index (κ3) is 3.98. The van der Waals surface area contributed by atoms with Crippen LogP contribution in [-0.2, 0) is 4.79 Å². The quantitative estimate of drug-likeness (QED) is 0.636. The molecule has 0 aromatic rings. The summed E-state index contributed by atoms with van der Waals surface area (Å²) in [6.07, 6.45) is 2.27. The van der Waals surface area contributed by atoms with Crippen molar-refractivity contribution < 1.29 is 4.79 Å². The van der Waals surface area contributed by atoms with E-state index in [1.807, 2.05) is 18.9 Å². The molecule has 0 aliphatic carbocycles. The van der Waals surface area contributed by atoms with Gasteiger partial charge in [0.1, 0.15) is 0 Å². The number of likely N-dealkylation sites (N-methyl/N-ethyl adjacent to an activating group) is 1. The van der Waals surface area contributed by atoms with Crippen molar-refractivity contribution in [2.45, 2.75) is 32.7 Å². The topological polar surface area (TPSA) is 46.3 Å². The van der Waals surface area contributed by atoms with Crippen LogP contribution in [0.5, 0.6) is 0 Å². The van der Waals surface area contributed by atoms with E-state index < -0.39 is 0 Å². The number of nitrogens with two attached hydrogens (primary N) is 1. The summed E-state index contributed by atoms with van der Waals surface area (Å²) in [5, 5.41) is 0. The minimum Gasteiger partial charge on any atom is -0.368 e. The normalized spacial score (nSPS) is 13.5. The molecule has 0 radical (unpaired) electrons. The Morgan fingerprint density at radius 2 is 2.18 bits per heavy atom. The van der Waals surface area contributed by atoms with Crippen LogP contribution in [0.2, 0.25) is 0 Å². The van der Waals surface area contributed by atoms with Gasteiger partial charge in [-0.15, -0.1) is 0 Å². The van der Waals surface area contributed by atoms with Crippen LogP contribution in [-0.4, -0.2) is 30.4 Å². The summed E-state index contributed by atoms with van der Waals surface area (Å²) in [5.74, 6) is -0.247. The lowest BCUT2D eigenvalue weighted by atomic mass is 10.2. The van der Waals surface area contributed by atoms with E-state index in [0.717, 1.165) is 19.4 Å². The van der Waals surface area contributed by atoms with E-state index in [0.29, 0.717) is 0 Å². The summed E-state index contributed by atoms with van der Waals surface area (Å²) < 4.78 is 0. The second-order valence-corrected chi connectivity index (χ2v) is 2.91. The highest BCUT2D eigenvalue weighted by atomic mass is 16.1. The van der Waals surface area contributed by atoms with Crippen LogP contribution in [0.25, 0.3) is 0 Å². The van der Waals surface area contributed by atoms with Gasteiger partial charge in [-0.2, -0.15) is 0 Å². The van der Waals surface area contributed by atoms with Crippen LogP contribution in [0, 0.1) is 0 Å². The van der Waals surface area contributed by atoms with E-state index >= 15 is 0 Å². The van der Waals surface area contributed by atoms with Crippen molar-refractivity contribution in [3.8, 4) is 0 Å². The van der Waals surface area contributed by atoms with Gasteiger partial charge < -0.3 is 5.73 Å². The van der Waals surface area contributed by atoms with Crippen molar-refractivity contribution in [2.24, 2.45) is 5.73 Å². The fraction of sp³-hybridized carbons (Fsp3) is 0.875. The van der Waals surface area contributed by atoms with Crippen molar-refractivity contribution in [3.05, 3.63) is 0 Å². The van der Waals surface area contributed by atoms with E-state index in [9.17, 15) is 4.79 Å². The summed E-state index contributed by atoms with van der Waals surface area (Å²) in [6, 6.07) is -0.137. The highest BCUT2D eigenvalue weighted by Crippen LogP contribution is 1.97. The molecule has 0 aromatic carbocycles. The summed E-state index contributed by atoms with van der Waals surface area (Å²) in [4.78, 5) is 12.7. The first-order valence-corrected chi connectivity index (χ1v) is 4.09. The van der Waals surface area contributed by atoms with Gasteiger partial charge in [0.2, 0.25) is 5.91 Å². The number of amides is 1. The predicted molar refractivity (Wildman–Crippen MR) is 46.2 cm³/mol. The molecule has 0 heterocycles. The molecule has 3 nitrogen and oxygen atoms in total. The fourth-order valence-electron chi connectivity index (χ4n) is 0.818. The van der Waals surface area contributed by atoms with E-state index in [4.69, 9.17) is 5.73 Å². The van der Waals surface area contributed by atoms with Gasteiger partial charge in [0.05, 0.1) is 6.04 Å². The predicted octanol–water partition coefficient (Wildman–Crippen LogP) is 0.592. The highest BCUT2D eigenvalue weighted by molar-refractivity contribution is 5.79. The average molecular weight is 158 g/mol. The third-order valence-corrected chi connectivity index (χ3v) is 1.94. The van der Waals surface area contributed by atoms with Crippen LogP contribution < -0.4 is 5.73 Å². The standard InChI is InChI=1S/C8H18N2O/c1-4-5-6-10(3)7(2)8(9)11/h7H,4-6H2,1-3H3,(H2,9,11). The van der Waals surface area contributed by atoms with Gasteiger partial charge in [-0.05, 0) is 26.9 Å². The number of hydrogen-bond acceptors (Lipinski definition) is 2. The van der Waals surface area contributed by atoms with Gasteiger partial charge in [-0.3, -0.25) is 9.69 Å². The molecular formula is C8H18N2O. The molecule has 0 saturated carbocycles. The van der Waals surface area contributed by atoms with Gasteiger partial charge in [0.15, 0.2) is 0 Å². The molecule has 0 rings (SSSR count). The monoisotopic (exact) mass is 158 g/mol.